The third-order valence-electron chi connectivity index (χ3n) is 1.12. The summed E-state index contributed by atoms with van der Waals surface area (Å²) < 4.78 is 1.25. The third kappa shape index (κ3) is 3.34. The van der Waals surface area contributed by atoms with Crippen LogP contribution in [0.25, 0.3) is 0 Å². The van der Waals surface area contributed by atoms with E-state index in [9.17, 15) is 0 Å². The molecule has 1 unspecified atom stereocenters. The Balaban J connectivity index is 3.14. The fourth-order valence-corrected chi connectivity index (χ4v) is 1.00. The van der Waals surface area contributed by atoms with Crippen molar-refractivity contribution < 1.29 is 0 Å². The summed E-state index contributed by atoms with van der Waals surface area (Å²) in [6.07, 6.45) is 0. The van der Waals surface area contributed by atoms with Crippen LogP contribution in [0.1, 0.15) is 6.92 Å². The van der Waals surface area contributed by atoms with Crippen molar-refractivity contribution in [1.29, 1.82) is 0 Å². The van der Waals surface area contributed by atoms with E-state index < -0.39 is 0 Å². The van der Waals surface area contributed by atoms with Crippen LogP contribution in [0.2, 0.25) is 4.47 Å². The molecule has 0 aliphatic heterocycles. The molecule has 0 aromatic heterocycles. The second-order valence-corrected chi connectivity index (χ2v) is 2.93. The Labute approximate surface area is 59.0 Å². The molecule has 0 aromatic carbocycles. The number of hydrogen-bond acceptors (Lipinski definition) is 1. The first-order valence-corrected chi connectivity index (χ1v) is 4.07. The molecule has 0 rings (SSSR count). The van der Waals surface area contributed by atoms with Gasteiger partial charge in [0.1, 0.15) is 0 Å². The van der Waals surface area contributed by atoms with Crippen molar-refractivity contribution in [1.82, 2.24) is 4.90 Å². The average Bonchev–Trinajstić information content (AvgIpc) is 1.65. The molecule has 0 heterocycles. The summed E-state index contributed by atoms with van der Waals surface area (Å²) in [5.74, 6) is 0. The van der Waals surface area contributed by atoms with Crippen LogP contribution in [-0.4, -0.2) is 47.3 Å². The molecule has 7 heavy (non-hydrogen) atoms. The van der Waals surface area contributed by atoms with E-state index in [1.165, 1.54) is 4.47 Å². The van der Waals surface area contributed by atoms with Gasteiger partial charge in [0.15, 0.2) is 0 Å². The summed E-state index contributed by atoms with van der Waals surface area (Å²) in [5, 5.41) is 0. The Morgan fingerprint density at radius 2 is 2.00 bits per heavy atom. The quantitative estimate of drug-likeness (QED) is 0.605. The van der Waals surface area contributed by atoms with Crippen LogP contribution < -0.4 is 0 Å². The Kier molecular flexibility index (Phi) is 4.11. The van der Waals surface area contributed by atoms with E-state index >= 15 is 0 Å². The van der Waals surface area contributed by atoms with Crippen LogP contribution in [0.5, 0.6) is 0 Å². The zero-order valence-electron chi connectivity index (χ0n) is 5.14. The van der Waals surface area contributed by atoms with E-state index in [4.69, 9.17) is 0 Å². The first kappa shape index (κ1) is 7.75. The van der Waals surface area contributed by atoms with Gasteiger partial charge in [0.25, 0.3) is 0 Å². The van der Waals surface area contributed by atoms with Crippen LogP contribution in [0, 0.1) is 0 Å². The molecule has 0 amide bonds. The van der Waals surface area contributed by atoms with Gasteiger partial charge in [0.05, 0.1) is 0 Å². The van der Waals surface area contributed by atoms with Crippen molar-refractivity contribution in [3.63, 3.8) is 0 Å². The Bertz CT molecular complexity index is 45.3. The monoisotopic (exact) mass is 216 g/mol. The zero-order chi connectivity index (χ0) is 5.86. The van der Waals surface area contributed by atoms with Gasteiger partial charge in [-0.05, 0) is 0 Å². The van der Waals surface area contributed by atoms with Crippen molar-refractivity contribution in [2.45, 2.75) is 17.4 Å². The zero-order valence-corrected chi connectivity index (χ0v) is 7.47. The molecule has 43 valence electrons. The predicted octanol–water partition coefficient (Wildman–Crippen LogP) is 0.523. The van der Waals surface area contributed by atoms with Gasteiger partial charge in [0, 0.05) is 0 Å². The van der Waals surface area contributed by atoms with Gasteiger partial charge in [-0.1, -0.05) is 0 Å². The fraction of sp³-hybridized carbons (Fsp3) is 1.00. The van der Waals surface area contributed by atoms with Crippen molar-refractivity contribution in [3.8, 4) is 0 Å². The van der Waals surface area contributed by atoms with Gasteiger partial charge in [-0.3, -0.25) is 0 Å². The Morgan fingerprint density at radius 3 is 2.00 bits per heavy atom. The second-order valence-electron chi connectivity index (χ2n) is 1.98. The topological polar surface area (TPSA) is 3.24 Å². The molecule has 0 aliphatic carbocycles. The first-order chi connectivity index (χ1) is 3.18. The molecule has 1 nitrogen and oxygen atoms in total. The molecule has 0 spiro atoms. The molecule has 0 saturated heterocycles. The minimum absolute atomic E-state index is 0.741. The van der Waals surface area contributed by atoms with Gasteiger partial charge in [0.2, 0.25) is 0 Å². The van der Waals surface area contributed by atoms with Gasteiger partial charge in [-0.15, -0.1) is 0 Å². The van der Waals surface area contributed by atoms with Crippen LogP contribution in [0.4, 0.5) is 0 Å². The molecule has 0 aliphatic rings. The average molecular weight is 214 g/mol. The van der Waals surface area contributed by atoms with Crippen molar-refractivity contribution >= 4 is 22.3 Å². The summed E-state index contributed by atoms with van der Waals surface area (Å²) in [5.41, 5.74) is 0. The second kappa shape index (κ2) is 3.72. The van der Waals surface area contributed by atoms with Crippen LogP contribution in [-0.2, 0) is 0 Å². The standard InChI is InChI=1S/C5H12NTe/c1-5(4-7)6(2)3/h5H,4H2,1-3H3. The summed E-state index contributed by atoms with van der Waals surface area (Å²) >= 11 is 2.14. The van der Waals surface area contributed by atoms with E-state index in [2.05, 4.69) is 48.2 Å². The van der Waals surface area contributed by atoms with Gasteiger partial charge in [-0.25, -0.2) is 0 Å². The molecule has 1 atom stereocenters. The van der Waals surface area contributed by atoms with Crippen LogP contribution in [0.3, 0.4) is 0 Å². The van der Waals surface area contributed by atoms with E-state index in [1.54, 1.807) is 0 Å². The van der Waals surface area contributed by atoms with Gasteiger partial charge in [-0.2, -0.15) is 0 Å². The fourth-order valence-electron chi connectivity index (χ4n) is 0.149. The summed E-state index contributed by atoms with van der Waals surface area (Å²) in [6.45, 7) is 2.22. The van der Waals surface area contributed by atoms with Crippen LogP contribution >= 0.6 is 0 Å². The molecule has 0 N–H and O–H groups in total. The van der Waals surface area contributed by atoms with Crippen molar-refractivity contribution in [2.24, 2.45) is 0 Å². The maximum atomic E-state index is 2.22. The Morgan fingerprint density at radius 1 is 1.57 bits per heavy atom. The van der Waals surface area contributed by atoms with E-state index in [1.807, 2.05) is 0 Å². The normalized spacial score (nSPS) is 15.0. The van der Waals surface area contributed by atoms with Gasteiger partial charge >= 0.3 is 58.7 Å². The summed E-state index contributed by atoms with van der Waals surface area (Å²) in [6, 6.07) is 0.741. The maximum absolute atomic E-state index is 2.22. The van der Waals surface area contributed by atoms with Crippen molar-refractivity contribution in [2.75, 3.05) is 14.1 Å². The molecule has 0 fully saturated rings. The summed E-state index contributed by atoms with van der Waals surface area (Å²) in [4.78, 5) is 2.22. The number of nitrogens with zero attached hydrogens (tertiary/aromatic N) is 1. The molecular formula is C5H12NTe. The molecule has 1 radical (unpaired) electrons. The molecule has 0 saturated carbocycles. The van der Waals surface area contributed by atoms with Gasteiger partial charge < -0.3 is 0 Å². The van der Waals surface area contributed by atoms with Crippen molar-refractivity contribution in [3.05, 3.63) is 0 Å². The predicted molar refractivity (Wildman–Crippen MR) is 33.7 cm³/mol. The van der Waals surface area contributed by atoms with Crippen LogP contribution in [0.15, 0.2) is 0 Å². The molecule has 2 heteroatoms. The Hall–Kier alpha value is 0.750. The van der Waals surface area contributed by atoms with E-state index in [0.29, 0.717) is 0 Å². The minimum atomic E-state index is 0.741. The van der Waals surface area contributed by atoms with E-state index in [-0.39, 0.29) is 0 Å². The molecular weight excluding hydrogens is 202 g/mol. The summed E-state index contributed by atoms with van der Waals surface area (Å²) in [7, 11) is 4.21. The van der Waals surface area contributed by atoms with E-state index in [0.717, 1.165) is 6.04 Å². The number of rotatable bonds is 2. The first-order valence-electron chi connectivity index (χ1n) is 2.43. The number of hydrogen-bond donors (Lipinski definition) is 0. The SMILES string of the molecule is CC(C[Te])N(C)C. The third-order valence-corrected chi connectivity index (χ3v) is 2.50. The molecule has 0 aromatic rings. The molecule has 0 bridgehead atoms.